The molecule has 20 heavy (non-hydrogen) atoms. The van der Waals surface area contributed by atoms with E-state index in [0.29, 0.717) is 18.0 Å². The van der Waals surface area contributed by atoms with Crippen LogP contribution < -0.4 is 5.32 Å². The Balaban J connectivity index is 0.00000147. The second-order valence-corrected chi connectivity index (χ2v) is 5.36. The van der Waals surface area contributed by atoms with Gasteiger partial charge in [0.15, 0.2) is 0 Å². The summed E-state index contributed by atoms with van der Waals surface area (Å²) >= 11 is 0. The lowest BCUT2D eigenvalue weighted by Crippen LogP contribution is -2.36. The molecule has 1 aromatic rings. The molecule has 2 aliphatic heterocycles. The first-order chi connectivity index (χ1) is 9.28. The number of halogens is 1. The van der Waals surface area contributed by atoms with E-state index in [1.165, 1.54) is 0 Å². The van der Waals surface area contributed by atoms with Gasteiger partial charge in [-0.05, 0) is 55.6 Å². The lowest BCUT2D eigenvalue weighted by molar-refractivity contribution is 0.0740. The van der Waals surface area contributed by atoms with Crippen LogP contribution in [0.5, 0.6) is 0 Å². The Bertz CT molecular complexity index is 547. The molecular formula is C15H18ClN3O. The van der Waals surface area contributed by atoms with Crippen molar-refractivity contribution in [2.45, 2.75) is 19.4 Å². The van der Waals surface area contributed by atoms with Crippen LogP contribution in [0.1, 0.15) is 34.3 Å². The molecule has 0 atom stereocenters. The highest BCUT2D eigenvalue weighted by Crippen LogP contribution is 2.26. The average molecular weight is 292 g/mol. The van der Waals surface area contributed by atoms with Gasteiger partial charge in [-0.3, -0.25) is 4.79 Å². The van der Waals surface area contributed by atoms with Crippen molar-refractivity contribution in [3.8, 4) is 6.07 Å². The standard InChI is InChI=1S/C15H17N3O.ClH/c16-8-12-1-2-14-13(7-12)10-18(15(14)19)9-11-3-5-17-6-4-11;/h1-2,7,11,17H,3-6,9-10H2;1H. The normalized spacial score (nSPS) is 18.4. The van der Waals surface area contributed by atoms with Gasteiger partial charge < -0.3 is 10.2 Å². The van der Waals surface area contributed by atoms with Crippen LogP contribution in [0.3, 0.4) is 0 Å². The SMILES string of the molecule is Cl.N#Cc1ccc2c(c1)CN(CC1CCNCC1)C2=O. The molecule has 1 N–H and O–H groups in total. The Labute approximate surface area is 125 Å². The van der Waals surface area contributed by atoms with Crippen LogP contribution in [0.25, 0.3) is 0 Å². The fourth-order valence-electron chi connectivity index (χ4n) is 2.97. The summed E-state index contributed by atoms with van der Waals surface area (Å²) < 4.78 is 0. The van der Waals surface area contributed by atoms with Gasteiger partial charge >= 0.3 is 0 Å². The Kier molecular flexibility index (Phi) is 4.64. The number of hydrogen-bond donors (Lipinski definition) is 1. The van der Waals surface area contributed by atoms with Crippen molar-refractivity contribution < 1.29 is 4.79 Å². The first-order valence-electron chi connectivity index (χ1n) is 6.81. The van der Waals surface area contributed by atoms with Crippen molar-refractivity contribution in [3.05, 3.63) is 34.9 Å². The van der Waals surface area contributed by atoms with E-state index in [1.807, 2.05) is 11.0 Å². The quantitative estimate of drug-likeness (QED) is 0.906. The van der Waals surface area contributed by atoms with Gasteiger partial charge in [0.2, 0.25) is 0 Å². The number of benzene rings is 1. The van der Waals surface area contributed by atoms with Crippen molar-refractivity contribution in [1.82, 2.24) is 10.2 Å². The first-order valence-corrected chi connectivity index (χ1v) is 6.81. The number of carbonyl (C=O) groups is 1. The van der Waals surface area contributed by atoms with E-state index in [1.54, 1.807) is 12.1 Å². The molecular weight excluding hydrogens is 274 g/mol. The number of carbonyl (C=O) groups excluding carboxylic acids is 1. The second-order valence-electron chi connectivity index (χ2n) is 5.36. The third-order valence-corrected chi connectivity index (χ3v) is 4.05. The number of nitriles is 1. The molecule has 0 spiro atoms. The van der Waals surface area contributed by atoms with Crippen LogP contribution in [0.2, 0.25) is 0 Å². The molecule has 5 heteroatoms. The van der Waals surface area contributed by atoms with Crippen molar-refractivity contribution in [2.24, 2.45) is 5.92 Å². The van der Waals surface area contributed by atoms with Crippen molar-refractivity contribution in [3.63, 3.8) is 0 Å². The third kappa shape index (κ3) is 2.79. The topological polar surface area (TPSA) is 56.1 Å². The van der Waals surface area contributed by atoms with Crippen molar-refractivity contribution in [1.29, 1.82) is 5.26 Å². The van der Waals surface area contributed by atoms with Crippen LogP contribution in [0.4, 0.5) is 0 Å². The second kappa shape index (κ2) is 6.25. The number of amides is 1. The van der Waals surface area contributed by atoms with Crippen LogP contribution in [0, 0.1) is 17.2 Å². The highest BCUT2D eigenvalue weighted by Gasteiger charge is 2.29. The minimum Gasteiger partial charge on any atom is -0.334 e. The molecule has 2 heterocycles. The molecule has 0 bridgehead atoms. The van der Waals surface area contributed by atoms with Gasteiger partial charge in [-0.1, -0.05) is 0 Å². The number of piperidine rings is 1. The van der Waals surface area contributed by atoms with Crippen LogP contribution in [-0.2, 0) is 6.54 Å². The Hall–Kier alpha value is -1.57. The van der Waals surface area contributed by atoms with Gasteiger partial charge in [0.1, 0.15) is 0 Å². The lowest BCUT2D eigenvalue weighted by atomic mass is 9.98. The van der Waals surface area contributed by atoms with E-state index in [0.717, 1.165) is 43.6 Å². The predicted octanol–water partition coefficient (Wildman–Crippen LogP) is 1.94. The predicted molar refractivity (Wildman–Crippen MR) is 78.7 cm³/mol. The third-order valence-electron chi connectivity index (χ3n) is 4.05. The summed E-state index contributed by atoms with van der Waals surface area (Å²) in [5.74, 6) is 0.730. The number of fused-ring (bicyclic) bond motifs is 1. The summed E-state index contributed by atoms with van der Waals surface area (Å²) in [6, 6.07) is 7.49. The summed E-state index contributed by atoms with van der Waals surface area (Å²) in [5, 5.41) is 12.2. The Morgan fingerprint density at radius 1 is 1.35 bits per heavy atom. The Morgan fingerprint density at radius 3 is 2.80 bits per heavy atom. The molecule has 3 rings (SSSR count). The molecule has 2 aliphatic rings. The van der Waals surface area contributed by atoms with Crippen LogP contribution in [-0.4, -0.2) is 30.4 Å². The molecule has 0 saturated carbocycles. The maximum Gasteiger partial charge on any atom is 0.254 e. The average Bonchev–Trinajstić information content (AvgIpc) is 2.76. The molecule has 1 amide bonds. The van der Waals surface area contributed by atoms with Gasteiger partial charge in [0, 0.05) is 18.7 Å². The molecule has 0 aliphatic carbocycles. The van der Waals surface area contributed by atoms with Gasteiger partial charge in [0.05, 0.1) is 11.6 Å². The fraction of sp³-hybridized carbons (Fsp3) is 0.467. The summed E-state index contributed by atoms with van der Waals surface area (Å²) in [7, 11) is 0. The van der Waals surface area contributed by atoms with E-state index in [4.69, 9.17) is 5.26 Å². The first kappa shape index (κ1) is 14.8. The molecule has 0 aromatic heterocycles. The van der Waals surface area contributed by atoms with Crippen LogP contribution >= 0.6 is 12.4 Å². The maximum atomic E-state index is 12.3. The summed E-state index contributed by atoms with van der Waals surface area (Å²) in [6.45, 7) is 3.61. The largest absolute Gasteiger partial charge is 0.334 e. The summed E-state index contributed by atoms with van der Waals surface area (Å²) in [6.07, 6.45) is 2.28. The monoisotopic (exact) mass is 291 g/mol. The highest BCUT2D eigenvalue weighted by atomic mass is 35.5. The lowest BCUT2D eigenvalue weighted by Gasteiger charge is -2.27. The van der Waals surface area contributed by atoms with Crippen LogP contribution in [0.15, 0.2) is 18.2 Å². The minimum absolute atomic E-state index is 0. The minimum atomic E-state index is 0. The molecule has 1 fully saturated rings. The number of nitrogens with zero attached hydrogens (tertiary/aromatic N) is 2. The van der Waals surface area contributed by atoms with E-state index in [-0.39, 0.29) is 18.3 Å². The molecule has 0 radical (unpaired) electrons. The molecule has 0 unspecified atom stereocenters. The number of hydrogen-bond acceptors (Lipinski definition) is 3. The fourth-order valence-corrected chi connectivity index (χ4v) is 2.97. The highest BCUT2D eigenvalue weighted by molar-refractivity contribution is 5.98. The Morgan fingerprint density at radius 2 is 2.10 bits per heavy atom. The summed E-state index contributed by atoms with van der Waals surface area (Å²) in [5.41, 5.74) is 2.40. The zero-order valence-corrected chi connectivity index (χ0v) is 12.1. The molecule has 1 saturated heterocycles. The van der Waals surface area contributed by atoms with E-state index >= 15 is 0 Å². The van der Waals surface area contributed by atoms with Gasteiger partial charge in [-0.2, -0.15) is 5.26 Å². The zero-order chi connectivity index (χ0) is 13.2. The number of rotatable bonds is 2. The van der Waals surface area contributed by atoms with Gasteiger partial charge in [-0.25, -0.2) is 0 Å². The zero-order valence-electron chi connectivity index (χ0n) is 11.3. The summed E-state index contributed by atoms with van der Waals surface area (Å²) in [4.78, 5) is 14.2. The van der Waals surface area contributed by atoms with E-state index < -0.39 is 0 Å². The van der Waals surface area contributed by atoms with E-state index in [2.05, 4.69) is 11.4 Å². The maximum absolute atomic E-state index is 12.3. The molecule has 106 valence electrons. The molecule has 4 nitrogen and oxygen atoms in total. The van der Waals surface area contributed by atoms with Crippen molar-refractivity contribution in [2.75, 3.05) is 19.6 Å². The smallest absolute Gasteiger partial charge is 0.254 e. The van der Waals surface area contributed by atoms with Crippen molar-refractivity contribution >= 4 is 18.3 Å². The van der Waals surface area contributed by atoms with Gasteiger partial charge in [-0.15, -0.1) is 12.4 Å². The number of nitrogens with one attached hydrogen (secondary N) is 1. The van der Waals surface area contributed by atoms with E-state index in [9.17, 15) is 4.79 Å². The van der Waals surface area contributed by atoms with Gasteiger partial charge in [0.25, 0.3) is 5.91 Å². The molecule has 1 aromatic carbocycles.